The Morgan fingerprint density at radius 3 is 2.60 bits per heavy atom. The molecule has 1 saturated heterocycles. The number of alkyl halides is 3. The van der Waals surface area contributed by atoms with Crippen molar-refractivity contribution < 1.29 is 27.5 Å². The first-order chi connectivity index (χ1) is 18.9. The predicted molar refractivity (Wildman–Crippen MR) is 146 cm³/mol. The highest BCUT2D eigenvalue weighted by Crippen LogP contribution is 2.35. The summed E-state index contributed by atoms with van der Waals surface area (Å²) < 4.78 is 47.2. The SMILES string of the molecule is C=C(/C(=C\C(=C/C)C(=O)Nc1ccc(C)c(N2Cc3cnc(N)nc3N(C)C2=O)c1)C(F)(F)F)N1CCOCC1. The summed E-state index contributed by atoms with van der Waals surface area (Å²) >= 11 is 0. The van der Waals surface area contributed by atoms with E-state index in [9.17, 15) is 22.8 Å². The molecule has 1 aromatic carbocycles. The zero-order valence-electron chi connectivity index (χ0n) is 22.4. The Morgan fingerprint density at radius 2 is 1.95 bits per heavy atom. The van der Waals surface area contributed by atoms with Gasteiger partial charge in [0.1, 0.15) is 5.82 Å². The fraction of sp³-hybridized carbons (Fsp3) is 0.333. The lowest BCUT2D eigenvalue weighted by Crippen LogP contribution is -2.46. The van der Waals surface area contributed by atoms with Crippen LogP contribution >= 0.6 is 0 Å². The van der Waals surface area contributed by atoms with Crippen molar-refractivity contribution in [3.8, 4) is 0 Å². The Morgan fingerprint density at radius 1 is 1.25 bits per heavy atom. The number of hydrogen-bond donors (Lipinski definition) is 2. The van der Waals surface area contributed by atoms with E-state index in [1.165, 1.54) is 27.7 Å². The van der Waals surface area contributed by atoms with Crippen molar-refractivity contribution in [3.05, 3.63) is 71.1 Å². The number of carbonyl (C=O) groups is 2. The van der Waals surface area contributed by atoms with Gasteiger partial charge in [0.2, 0.25) is 5.95 Å². The Hall–Kier alpha value is -4.39. The molecule has 3 N–H and O–H groups in total. The number of anilines is 4. The number of rotatable bonds is 6. The molecule has 0 unspecified atom stereocenters. The molecule has 212 valence electrons. The molecule has 13 heteroatoms. The third-order valence-electron chi connectivity index (χ3n) is 6.66. The van der Waals surface area contributed by atoms with Crippen LogP contribution in [0.2, 0.25) is 0 Å². The third-order valence-corrected chi connectivity index (χ3v) is 6.66. The van der Waals surface area contributed by atoms with Gasteiger partial charge in [0.05, 0.1) is 31.0 Å². The Balaban J connectivity index is 1.59. The van der Waals surface area contributed by atoms with Crippen molar-refractivity contribution in [1.82, 2.24) is 14.9 Å². The Kier molecular flexibility index (Phi) is 8.14. The number of morpholine rings is 1. The Bertz CT molecular complexity index is 1400. The summed E-state index contributed by atoms with van der Waals surface area (Å²) in [6, 6.07) is 4.54. The number of benzene rings is 1. The average Bonchev–Trinajstić information content (AvgIpc) is 2.92. The minimum absolute atomic E-state index is 0.0452. The predicted octanol–water partition coefficient (Wildman–Crippen LogP) is 4.16. The van der Waals surface area contributed by atoms with Crippen LogP contribution in [-0.2, 0) is 16.1 Å². The fourth-order valence-corrected chi connectivity index (χ4v) is 4.46. The van der Waals surface area contributed by atoms with Gasteiger partial charge in [0.15, 0.2) is 0 Å². The number of aromatic nitrogens is 2. The first-order valence-electron chi connectivity index (χ1n) is 12.5. The van der Waals surface area contributed by atoms with Gasteiger partial charge in [0.25, 0.3) is 5.91 Å². The van der Waals surface area contributed by atoms with Crippen LogP contribution in [0.3, 0.4) is 0 Å². The van der Waals surface area contributed by atoms with E-state index < -0.39 is 17.7 Å². The van der Waals surface area contributed by atoms with E-state index in [0.29, 0.717) is 36.0 Å². The number of nitrogens with zero attached hydrogens (tertiary/aromatic N) is 5. The van der Waals surface area contributed by atoms with Gasteiger partial charge in [-0.3, -0.25) is 14.6 Å². The van der Waals surface area contributed by atoms with Gasteiger partial charge >= 0.3 is 12.2 Å². The number of halogens is 3. The summed E-state index contributed by atoms with van der Waals surface area (Å²) in [6.45, 7) is 8.21. The van der Waals surface area contributed by atoms with E-state index in [1.54, 1.807) is 38.4 Å². The van der Waals surface area contributed by atoms with Crippen molar-refractivity contribution in [1.29, 1.82) is 0 Å². The van der Waals surface area contributed by atoms with Gasteiger partial charge in [-0.1, -0.05) is 18.7 Å². The highest BCUT2D eigenvalue weighted by molar-refractivity contribution is 6.08. The molecule has 3 heterocycles. The van der Waals surface area contributed by atoms with E-state index in [1.807, 2.05) is 0 Å². The molecule has 0 bridgehead atoms. The van der Waals surface area contributed by atoms with Crippen LogP contribution in [0.4, 0.5) is 41.1 Å². The molecule has 0 atom stereocenters. The van der Waals surface area contributed by atoms with E-state index >= 15 is 0 Å². The second kappa shape index (κ2) is 11.4. The maximum atomic E-state index is 14.0. The molecule has 2 aliphatic heterocycles. The molecule has 0 spiro atoms. The minimum Gasteiger partial charge on any atom is -0.378 e. The standard InChI is InChI=1S/C27H30F3N7O3/c1-5-18(12-21(27(28,29)30)17(3)36-8-10-40-11-9-36)24(38)33-20-7-6-16(2)22(13-20)37-15-19-14-32-25(31)34-23(19)35(4)26(37)39/h5-7,12-14H,3,8-11,15H2,1-2,4H3,(H,33,38)(H2,31,32,34)/b18-5+,21-12+. The number of nitrogen functional groups attached to an aromatic ring is 1. The minimum atomic E-state index is -4.73. The van der Waals surface area contributed by atoms with Crippen LogP contribution in [-0.4, -0.2) is 66.3 Å². The van der Waals surface area contributed by atoms with Gasteiger partial charge in [-0.05, 0) is 37.6 Å². The van der Waals surface area contributed by atoms with Gasteiger partial charge in [-0.15, -0.1) is 0 Å². The lowest BCUT2D eigenvalue weighted by atomic mass is 10.1. The summed E-state index contributed by atoms with van der Waals surface area (Å²) in [5.74, 6) is -0.298. The average molecular weight is 558 g/mol. The van der Waals surface area contributed by atoms with Crippen molar-refractivity contribution in [2.75, 3.05) is 54.2 Å². The molecule has 40 heavy (non-hydrogen) atoms. The second-order valence-electron chi connectivity index (χ2n) is 9.31. The lowest BCUT2D eigenvalue weighted by Gasteiger charge is -2.34. The highest BCUT2D eigenvalue weighted by Gasteiger charge is 2.38. The van der Waals surface area contributed by atoms with Gasteiger partial charge < -0.3 is 20.7 Å². The highest BCUT2D eigenvalue weighted by atomic mass is 19.4. The molecule has 2 aromatic rings. The van der Waals surface area contributed by atoms with Crippen LogP contribution in [0.25, 0.3) is 0 Å². The first kappa shape index (κ1) is 28.6. The number of nitrogens with two attached hydrogens (primary N) is 1. The third kappa shape index (κ3) is 5.93. The van der Waals surface area contributed by atoms with E-state index in [2.05, 4.69) is 21.9 Å². The van der Waals surface area contributed by atoms with Crippen LogP contribution < -0.4 is 20.9 Å². The number of ether oxygens (including phenoxy) is 1. The number of fused-ring (bicyclic) bond motifs is 1. The second-order valence-corrected chi connectivity index (χ2v) is 9.31. The van der Waals surface area contributed by atoms with Crippen molar-refractivity contribution in [2.24, 2.45) is 0 Å². The molecule has 3 amide bonds. The molecular formula is C27H30F3N7O3. The van der Waals surface area contributed by atoms with E-state index in [0.717, 1.165) is 11.6 Å². The zero-order chi connectivity index (χ0) is 29.2. The van der Waals surface area contributed by atoms with Gasteiger partial charge in [-0.2, -0.15) is 18.2 Å². The molecule has 4 rings (SSSR count). The van der Waals surface area contributed by atoms with Crippen LogP contribution in [0, 0.1) is 6.92 Å². The summed E-state index contributed by atoms with van der Waals surface area (Å²) in [4.78, 5) is 38.8. The number of hydrogen-bond acceptors (Lipinski definition) is 7. The molecule has 0 saturated carbocycles. The van der Waals surface area contributed by atoms with Gasteiger partial charge in [-0.25, -0.2) is 9.78 Å². The molecule has 1 fully saturated rings. The largest absolute Gasteiger partial charge is 0.418 e. The maximum Gasteiger partial charge on any atom is 0.418 e. The number of amides is 3. The number of urea groups is 1. The molecule has 10 nitrogen and oxygen atoms in total. The molecule has 0 radical (unpaired) electrons. The summed E-state index contributed by atoms with van der Waals surface area (Å²) in [5, 5.41) is 2.65. The Labute approximate surface area is 229 Å². The van der Waals surface area contributed by atoms with Crippen LogP contribution in [0.1, 0.15) is 18.1 Å². The summed E-state index contributed by atoms with van der Waals surface area (Å²) in [5.41, 5.74) is 6.47. The topological polar surface area (TPSA) is 117 Å². The van der Waals surface area contributed by atoms with Crippen molar-refractivity contribution in [3.63, 3.8) is 0 Å². The molecule has 2 aliphatic rings. The maximum absolute atomic E-state index is 14.0. The number of aryl methyl sites for hydroxylation is 1. The van der Waals surface area contributed by atoms with E-state index in [4.69, 9.17) is 10.5 Å². The quantitative estimate of drug-likeness (QED) is 0.405. The first-order valence-corrected chi connectivity index (χ1v) is 12.5. The monoisotopic (exact) mass is 557 g/mol. The zero-order valence-corrected chi connectivity index (χ0v) is 22.4. The normalized spacial score (nSPS) is 16.6. The number of allylic oxidation sites excluding steroid dienone is 2. The smallest absolute Gasteiger partial charge is 0.378 e. The van der Waals surface area contributed by atoms with Crippen molar-refractivity contribution in [2.45, 2.75) is 26.6 Å². The van der Waals surface area contributed by atoms with Crippen LogP contribution in [0.5, 0.6) is 0 Å². The lowest BCUT2D eigenvalue weighted by molar-refractivity contribution is -0.112. The molecular weight excluding hydrogens is 527 g/mol. The van der Waals surface area contributed by atoms with E-state index in [-0.39, 0.29) is 42.9 Å². The summed E-state index contributed by atoms with van der Waals surface area (Å²) in [7, 11) is 1.56. The van der Waals surface area contributed by atoms with Crippen molar-refractivity contribution >= 4 is 35.1 Å². The number of carbonyl (C=O) groups excluding carboxylic acids is 2. The summed E-state index contributed by atoms with van der Waals surface area (Å²) in [6.07, 6.45) is -1.09. The fourth-order valence-electron chi connectivity index (χ4n) is 4.46. The van der Waals surface area contributed by atoms with Crippen LogP contribution in [0.15, 0.2) is 60.0 Å². The number of nitrogens with one attached hydrogen (secondary N) is 1. The van der Waals surface area contributed by atoms with Gasteiger partial charge in [0, 0.05) is 48.9 Å². The molecule has 0 aliphatic carbocycles. The molecule has 1 aromatic heterocycles.